The highest BCUT2D eigenvalue weighted by Crippen LogP contribution is 2.31. The van der Waals surface area contributed by atoms with Crippen LogP contribution in [0.2, 0.25) is 0 Å². The van der Waals surface area contributed by atoms with Crippen LogP contribution in [0.15, 0.2) is 24.3 Å². The van der Waals surface area contributed by atoms with Crippen LogP contribution in [0, 0.1) is 5.41 Å². The van der Waals surface area contributed by atoms with E-state index < -0.39 is 11.4 Å². The minimum absolute atomic E-state index is 0.0455. The largest absolute Gasteiger partial charge is 0.481 e. The number of carboxylic acids is 1. The van der Waals surface area contributed by atoms with Gasteiger partial charge in [-0.3, -0.25) is 14.4 Å². The van der Waals surface area contributed by atoms with E-state index in [0.29, 0.717) is 24.1 Å². The van der Waals surface area contributed by atoms with Gasteiger partial charge in [-0.1, -0.05) is 13.8 Å². The van der Waals surface area contributed by atoms with Gasteiger partial charge in [0.1, 0.15) is 0 Å². The lowest BCUT2D eigenvalue weighted by Gasteiger charge is -2.25. The smallest absolute Gasteiger partial charge is 0.310 e. The molecule has 0 radical (unpaired) electrons. The summed E-state index contributed by atoms with van der Waals surface area (Å²) in [5.41, 5.74) is -0.00227. The predicted molar refractivity (Wildman–Crippen MR) is 92.9 cm³/mol. The van der Waals surface area contributed by atoms with E-state index in [2.05, 4.69) is 10.6 Å². The molecule has 0 spiro atoms. The summed E-state index contributed by atoms with van der Waals surface area (Å²) in [6.07, 6.45) is 0.700. The first kappa shape index (κ1) is 19.7. The van der Waals surface area contributed by atoms with Crippen LogP contribution in [0.1, 0.15) is 57.3 Å². The molecule has 0 fully saturated rings. The Bertz CT molecular complexity index is 590. The van der Waals surface area contributed by atoms with Gasteiger partial charge in [-0.25, -0.2) is 0 Å². The van der Waals surface area contributed by atoms with Gasteiger partial charge in [-0.05, 0) is 51.0 Å². The van der Waals surface area contributed by atoms with Crippen molar-refractivity contribution in [3.05, 3.63) is 29.8 Å². The highest BCUT2D eigenvalue weighted by atomic mass is 16.4. The molecule has 0 unspecified atom stereocenters. The zero-order valence-corrected chi connectivity index (χ0v) is 14.7. The fraction of sp³-hybridized carbons (Fsp3) is 0.500. The van der Waals surface area contributed by atoms with E-state index in [1.165, 1.54) is 0 Å². The number of benzene rings is 1. The van der Waals surface area contributed by atoms with Gasteiger partial charge >= 0.3 is 5.97 Å². The Kier molecular flexibility index (Phi) is 6.95. The molecule has 0 aliphatic heterocycles. The number of hydrogen-bond donors (Lipinski definition) is 3. The highest BCUT2D eigenvalue weighted by Gasteiger charge is 2.37. The Morgan fingerprint density at radius 3 is 2.04 bits per heavy atom. The summed E-state index contributed by atoms with van der Waals surface area (Å²) >= 11 is 0. The van der Waals surface area contributed by atoms with E-state index in [1.807, 2.05) is 13.8 Å². The fourth-order valence-electron chi connectivity index (χ4n) is 2.44. The standard InChI is InChI=1S/C18H26N2O4/c1-5-18(6-2,17(23)24)11-15(21)20-14-9-7-13(8-10-14)16(22)19-12(3)4/h7-10,12H,5-6,11H2,1-4H3,(H,19,22)(H,20,21)(H,23,24). The molecular formula is C18H26N2O4. The molecule has 6 nitrogen and oxygen atoms in total. The first-order valence-corrected chi connectivity index (χ1v) is 8.18. The van der Waals surface area contributed by atoms with E-state index in [4.69, 9.17) is 0 Å². The lowest BCUT2D eigenvalue weighted by molar-refractivity contribution is -0.151. The molecule has 0 aliphatic carbocycles. The van der Waals surface area contributed by atoms with Crippen molar-refractivity contribution in [3.8, 4) is 0 Å². The van der Waals surface area contributed by atoms with Gasteiger partial charge in [-0.15, -0.1) is 0 Å². The number of anilines is 1. The molecule has 24 heavy (non-hydrogen) atoms. The summed E-state index contributed by atoms with van der Waals surface area (Å²) in [6.45, 7) is 7.30. The van der Waals surface area contributed by atoms with Crippen molar-refractivity contribution < 1.29 is 19.5 Å². The Balaban J connectivity index is 2.74. The third-order valence-corrected chi connectivity index (χ3v) is 4.16. The molecule has 0 aromatic heterocycles. The van der Waals surface area contributed by atoms with Crippen molar-refractivity contribution in [3.63, 3.8) is 0 Å². The maximum atomic E-state index is 12.2. The van der Waals surface area contributed by atoms with Crippen molar-refractivity contribution in [2.24, 2.45) is 5.41 Å². The molecule has 6 heteroatoms. The molecule has 0 saturated heterocycles. The predicted octanol–water partition coefficient (Wildman–Crippen LogP) is 3.04. The van der Waals surface area contributed by atoms with E-state index >= 15 is 0 Å². The van der Waals surface area contributed by atoms with Crippen molar-refractivity contribution in [1.29, 1.82) is 0 Å². The first-order chi connectivity index (χ1) is 11.2. The van der Waals surface area contributed by atoms with Gasteiger partial charge in [0, 0.05) is 23.7 Å². The second kappa shape index (κ2) is 8.47. The van der Waals surface area contributed by atoms with Gasteiger partial charge in [0.25, 0.3) is 5.91 Å². The van der Waals surface area contributed by atoms with Gasteiger partial charge in [0.2, 0.25) is 5.91 Å². The summed E-state index contributed by atoms with van der Waals surface area (Å²) in [5, 5.41) is 14.9. The molecule has 1 rings (SSSR count). The molecule has 1 aromatic rings. The summed E-state index contributed by atoms with van der Waals surface area (Å²) in [7, 11) is 0. The molecule has 3 N–H and O–H groups in total. The van der Waals surface area contributed by atoms with Crippen molar-refractivity contribution in [1.82, 2.24) is 5.32 Å². The number of carbonyl (C=O) groups excluding carboxylic acids is 2. The molecule has 0 aliphatic rings. The molecule has 0 atom stereocenters. The molecule has 0 bridgehead atoms. The second-order valence-corrected chi connectivity index (χ2v) is 6.22. The SMILES string of the molecule is CCC(CC)(CC(=O)Nc1ccc(C(=O)NC(C)C)cc1)C(=O)O. The number of amides is 2. The third kappa shape index (κ3) is 5.08. The van der Waals surface area contributed by atoms with Gasteiger partial charge in [-0.2, -0.15) is 0 Å². The van der Waals surface area contributed by atoms with Crippen LogP contribution in [0.5, 0.6) is 0 Å². The number of nitrogens with one attached hydrogen (secondary N) is 2. The number of carbonyl (C=O) groups is 3. The topological polar surface area (TPSA) is 95.5 Å². The molecule has 2 amide bonds. The van der Waals surface area contributed by atoms with Crippen LogP contribution < -0.4 is 10.6 Å². The average molecular weight is 334 g/mol. The monoisotopic (exact) mass is 334 g/mol. The van der Waals surface area contributed by atoms with Gasteiger partial charge in [0.15, 0.2) is 0 Å². The molecule has 132 valence electrons. The zero-order chi connectivity index (χ0) is 18.3. The number of carboxylic acid groups (broad SMARTS) is 1. The van der Waals surface area contributed by atoms with Crippen LogP contribution in [0.4, 0.5) is 5.69 Å². The Hall–Kier alpha value is -2.37. The molecular weight excluding hydrogens is 308 g/mol. The Morgan fingerprint density at radius 1 is 1.08 bits per heavy atom. The van der Waals surface area contributed by atoms with Crippen LogP contribution in [0.25, 0.3) is 0 Å². The molecule has 0 saturated carbocycles. The quantitative estimate of drug-likeness (QED) is 0.681. The van der Waals surface area contributed by atoms with Crippen molar-refractivity contribution in [2.75, 3.05) is 5.32 Å². The highest BCUT2D eigenvalue weighted by molar-refractivity contribution is 5.96. The molecule has 0 heterocycles. The van der Waals surface area contributed by atoms with Crippen molar-refractivity contribution >= 4 is 23.5 Å². The maximum Gasteiger partial charge on any atom is 0.310 e. The normalized spacial score (nSPS) is 11.2. The average Bonchev–Trinajstić information content (AvgIpc) is 2.52. The third-order valence-electron chi connectivity index (χ3n) is 4.16. The van der Waals surface area contributed by atoms with E-state index in [0.717, 1.165) is 0 Å². The van der Waals surface area contributed by atoms with E-state index in [-0.39, 0.29) is 24.3 Å². The first-order valence-electron chi connectivity index (χ1n) is 8.18. The lowest BCUT2D eigenvalue weighted by atomic mass is 9.79. The summed E-state index contributed by atoms with van der Waals surface area (Å²) in [5.74, 6) is -1.48. The van der Waals surface area contributed by atoms with Gasteiger partial charge < -0.3 is 15.7 Å². The summed E-state index contributed by atoms with van der Waals surface area (Å²) < 4.78 is 0. The number of hydrogen-bond acceptors (Lipinski definition) is 3. The van der Waals surface area contributed by atoms with Gasteiger partial charge in [0.05, 0.1) is 5.41 Å². The van der Waals surface area contributed by atoms with Crippen LogP contribution in [0.3, 0.4) is 0 Å². The zero-order valence-electron chi connectivity index (χ0n) is 14.7. The minimum Gasteiger partial charge on any atom is -0.481 e. The summed E-state index contributed by atoms with van der Waals surface area (Å²) in [6, 6.07) is 6.56. The minimum atomic E-state index is -1.04. The number of rotatable bonds is 8. The van der Waals surface area contributed by atoms with Crippen LogP contribution >= 0.6 is 0 Å². The van der Waals surface area contributed by atoms with E-state index in [1.54, 1.807) is 38.1 Å². The fourth-order valence-corrected chi connectivity index (χ4v) is 2.44. The van der Waals surface area contributed by atoms with Crippen molar-refractivity contribution in [2.45, 2.75) is 53.0 Å². The van der Waals surface area contributed by atoms with Crippen LogP contribution in [-0.2, 0) is 9.59 Å². The maximum absolute atomic E-state index is 12.2. The summed E-state index contributed by atoms with van der Waals surface area (Å²) in [4.78, 5) is 35.5. The lowest BCUT2D eigenvalue weighted by Crippen LogP contribution is -2.34. The van der Waals surface area contributed by atoms with E-state index in [9.17, 15) is 19.5 Å². The Morgan fingerprint density at radius 2 is 1.62 bits per heavy atom. The van der Waals surface area contributed by atoms with Crippen LogP contribution in [-0.4, -0.2) is 28.9 Å². The second-order valence-electron chi connectivity index (χ2n) is 6.22. The number of aliphatic carboxylic acids is 1. The Labute approximate surface area is 142 Å². The molecule has 1 aromatic carbocycles.